The molecule has 4 rings (SSSR count). The highest BCUT2D eigenvalue weighted by molar-refractivity contribution is 7.86. The fourth-order valence-electron chi connectivity index (χ4n) is 8.67. The Balaban J connectivity index is 1.76. The highest BCUT2D eigenvalue weighted by Crippen LogP contribution is 2.51. The van der Waals surface area contributed by atoms with Crippen LogP contribution in [0.4, 0.5) is 11.4 Å². The minimum Gasteiger partial charge on any atom is -0.481 e. The van der Waals surface area contributed by atoms with E-state index >= 15 is 0 Å². The molecule has 24 heteroatoms. The molecule has 0 saturated heterocycles. The number of aliphatic carboxylic acids is 1. The Labute approximate surface area is 424 Å². The molecule has 0 amide bonds. The first-order valence-electron chi connectivity index (χ1n) is 23.8. The van der Waals surface area contributed by atoms with Gasteiger partial charge in [-0.15, -0.1) is 0 Å². The van der Waals surface area contributed by atoms with E-state index in [0.717, 1.165) is 5.70 Å². The molecule has 21 nitrogen and oxygen atoms in total. The van der Waals surface area contributed by atoms with Gasteiger partial charge in [0.2, 0.25) is 5.69 Å². The van der Waals surface area contributed by atoms with Gasteiger partial charge in [0.15, 0.2) is 5.71 Å². The summed E-state index contributed by atoms with van der Waals surface area (Å²) < 4.78 is 150. The lowest BCUT2D eigenvalue weighted by Gasteiger charge is -2.30. The third-order valence-corrected chi connectivity index (χ3v) is 14.9. The molecule has 2 heterocycles. The Morgan fingerprint density at radius 3 is 1.61 bits per heavy atom. The maximum Gasteiger partial charge on any atom is 0.303 e. The standard InChI is InChI=1S/C48H72N2O19S3/c1-47(17-21-64-27-29-68-33-31-66-25-23-62-3)40-36-38(71(56,57)58)13-15-42(40)49(19-7-5-6-12-46(51)52)44(47)10-8-11-45-48(2,18-22-65-28-30-69-34-32-67-26-24-63-4)41-37-39(72(59,60)61)14-16-43(41)50(45)20-9-35-70(53,54)55/h8,10-11,13-16,36-37H,5-7,9,12,17-35H2,1-4H3,(H3-,51,52,53,54,55,56,57,58,59,60,61)/p+1. The van der Waals surface area contributed by atoms with E-state index in [1.54, 1.807) is 26.4 Å². The predicted octanol–water partition coefficient (Wildman–Crippen LogP) is 4.85. The van der Waals surface area contributed by atoms with Crippen molar-refractivity contribution < 1.29 is 91.3 Å². The number of carbonyl (C=O) groups is 1. The van der Waals surface area contributed by atoms with Crippen LogP contribution in [0.1, 0.15) is 69.9 Å². The average Bonchev–Trinajstić information content (AvgIpc) is 3.68. The smallest absolute Gasteiger partial charge is 0.303 e. The summed E-state index contributed by atoms with van der Waals surface area (Å²) in [6.45, 7) is 9.02. The molecule has 0 radical (unpaired) electrons. The molecule has 72 heavy (non-hydrogen) atoms. The van der Waals surface area contributed by atoms with Crippen molar-refractivity contribution in [2.24, 2.45) is 0 Å². The third kappa shape index (κ3) is 18.6. The molecule has 0 aliphatic carbocycles. The number of hydrogen-bond donors (Lipinski definition) is 4. The van der Waals surface area contributed by atoms with Gasteiger partial charge >= 0.3 is 5.97 Å². The van der Waals surface area contributed by atoms with E-state index in [9.17, 15) is 48.8 Å². The zero-order valence-corrected chi connectivity index (χ0v) is 44.1. The number of carboxylic acids is 1. The van der Waals surface area contributed by atoms with Crippen molar-refractivity contribution in [2.45, 2.75) is 79.4 Å². The molecule has 2 aliphatic heterocycles. The molecule has 0 aromatic heterocycles. The van der Waals surface area contributed by atoms with Crippen LogP contribution in [0.3, 0.4) is 0 Å². The molecule has 4 N–H and O–H groups in total. The molecule has 2 aromatic carbocycles. The lowest BCUT2D eigenvalue weighted by atomic mass is 9.76. The molecule has 0 fully saturated rings. The van der Waals surface area contributed by atoms with Crippen LogP contribution in [0.25, 0.3) is 0 Å². The number of anilines is 1. The summed E-state index contributed by atoms with van der Waals surface area (Å²) in [7, 11) is -10.5. The van der Waals surface area contributed by atoms with E-state index < -0.39 is 52.9 Å². The van der Waals surface area contributed by atoms with E-state index in [-0.39, 0.29) is 75.2 Å². The van der Waals surface area contributed by atoms with Gasteiger partial charge in [-0.1, -0.05) is 12.5 Å². The Morgan fingerprint density at radius 1 is 0.625 bits per heavy atom. The van der Waals surface area contributed by atoms with Crippen molar-refractivity contribution in [3.8, 4) is 0 Å². The highest BCUT2D eigenvalue weighted by atomic mass is 32.2. The van der Waals surface area contributed by atoms with E-state index in [4.69, 9.17) is 37.9 Å². The summed E-state index contributed by atoms with van der Waals surface area (Å²) in [6.07, 6.45) is 7.70. The minimum atomic E-state index is -4.66. The molecule has 2 aromatic rings. The van der Waals surface area contributed by atoms with E-state index in [1.165, 1.54) is 30.3 Å². The van der Waals surface area contributed by atoms with Crippen LogP contribution in [-0.2, 0) is 83.9 Å². The molecule has 0 spiro atoms. The van der Waals surface area contributed by atoms with Crippen molar-refractivity contribution in [1.82, 2.24) is 0 Å². The first-order chi connectivity index (χ1) is 34.2. The predicted molar refractivity (Wildman–Crippen MR) is 267 cm³/mol. The van der Waals surface area contributed by atoms with E-state index in [1.807, 2.05) is 35.5 Å². The van der Waals surface area contributed by atoms with Gasteiger partial charge in [0, 0.05) is 81.3 Å². The van der Waals surface area contributed by atoms with Crippen LogP contribution in [-0.4, -0.2) is 186 Å². The van der Waals surface area contributed by atoms with Gasteiger partial charge in [-0.2, -0.15) is 29.8 Å². The Morgan fingerprint density at radius 2 is 1.11 bits per heavy atom. The lowest BCUT2D eigenvalue weighted by molar-refractivity contribution is -0.437. The second kappa shape index (κ2) is 29.4. The topological polar surface area (TPSA) is 280 Å². The van der Waals surface area contributed by atoms with Crippen LogP contribution in [0.15, 0.2) is 70.1 Å². The van der Waals surface area contributed by atoms with Crippen LogP contribution >= 0.6 is 0 Å². The third-order valence-electron chi connectivity index (χ3n) is 12.4. The maximum absolute atomic E-state index is 12.6. The SMILES string of the molecule is COCCOCCOCCOCCC1(C)C(=CC=CC2=[N+](CCCS(=O)(=O)O)c3ccc(S(=O)(=O)O)cc3C2(C)CCOCCOCCOCCOC)N(CCCCCC(=O)O)c2ccc(S(=O)(=O)O)cc21. The number of hydrogen-bond acceptors (Lipinski definition) is 16. The molecule has 2 unspecified atom stereocenters. The van der Waals surface area contributed by atoms with Gasteiger partial charge < -0.3 is 47.9 Å². The van der Waals surface area contributed by atoms with Crippen LogP contribution in [0.5, 0.6) is 0 Å². The van der Waals surface area contributed by atoms with E-state index in [2.05, 4.69) is 0 Å². The summed E-state index contributed by atoms with van der Waals surface area (Å²) in [4.78, 5) is 12.7. The number of allylic oxidation sites excluding steroid dienone is 4. The van der Waals surface area contributed by atoms with Gasteiger partial charge in [-0.3, -0.25) is 18.5 Å². The summed E-state index contributed by atoms with van der Waals surface area (Å²) in [5, 5.41) is 9.29. The quantitative estimate of drug-likeness (QED) is 0.0397. The average molecular weight is 1080 g/mol. The minimum absolute atomic E-state index is 0.00444. The number of rotatable bonds is 38. The largest absolute Gasteiger partial charge is 0.481 e. The molecular weight excluding hydrogens is 1000 g/mol. The second-order valence-electron chi connectivity index (χ2n) is 17.6. The van der Waals surface area contributed by atoms with Gasteiger partial charge in [0.05, 0.1) is 100 Å². The van der Waals surface area contributed by atoms with Gasteiger partial charge in [-0.25, -0.2) is 0 Å². The first-order valence-corrected chi connectivity index (χ1v) is 28.3. The molecule has 0 saturated carbocycles. The molecular formula is C48H73N2O19S3+. The highest BCUT2D eigenvalue weighted by Gasteiger charge is 2.48. The van der Waals surface area contributed by atoms with Crippen molar-refractivity contribution >= 4 is 53.4 Å². The van der Waals surface area contributed by atoms with Crippen molar-refractivity contribution in [1.29, 1.82) is 0 Å². The summed E-state index contributed by atoms with van der Waals surface area (Å²) in [6, 6.07) is 8.59. The second-order valence-corrected chi connectivity index (χ2v) is 22.0. The van der Waals surface area contributed by atoms with Crippen LogP contribution in [0.2, 0.25) is 0 Å². The van der Waals surface area contributed by atoms with Crippen LogP contribution in [0, 0.1) is 0 Å². The lowest BCUT2D eigenvalue weighted by Crippen LogP contribution is -2.33. The van der Waals surface area contributed by atoms with E-state index in [0.29, 0.717) is 113 Å². The van der Waals surface area contributed by atoms with Crippen LogP contribution < -0.4 is 4.90 Å². The molecule has 0 bridgehead atoms. The number of carboxylic acid groups (broad SMARTS) is 1. The fourth-order valence-corrected chi connectivity index (χ4v) is 10.2. The first kappa shape index (κ1) is 60.8. The maximum atomic E-state index is 12.6. The molecule has 406 valence electrons. The molecule has 2 aliphatic rings. The van der Waals surface area contributed by atoms with Crippen molar-refractivity contribution in [2.75, 3.05) is 130 Å². The monoisotopic (exact) mass is 1080 g/mol. The Hall–Kier alpha value is -3.73. The summed E-state index contributed by atoms with van der Waals surface area (Å²) >= 11 is 0. The Kier molecular flexibility index (Phi) is 24.8. The van der Waals surface area contributed by atoms with Gasteiger partial charge in [0.1, 0.15) is 6.54 Å². The number of fused-ring (bicyclic) bond motifs is 2. The zero-order chi connectivity index (χ0) is 52.8. The van der Waals surface area contributed by atoms with Crippen molar-refractivity contribution in [3.63, 3.8) is 0 Å². The number of benzene rings is 2. The Bertz CT molecular complexity index is 2500. The zero-order valence-electron chi connectivity index (χ0n) is 41.7. The normalized spacial score (nSPS) is 18.8. The number of unbranched alkanes of at least 4 members (excludes halogenated alkanes) is 2. The molecule has 2 atom stereocenters. The number of nitrogens with zero attached hydrogens (tertiary/aromatic N) is 2. The summed E-state index contributed by atoms with van der Waals surface area (Å²) in [5.74, 6) is -1.46. The van der Waals surface area contributed by atoms with Gasteiger partial charge in [0.25, 0.3) is 30.4 Å². The van der Waals surface area contributed by atoms with Gasteiger partial charge in [-0.05, 0) is 81.5 Å². The summed E-state index contributed by atoms with van der Waals surface area (Å²) in [5.41, 5.74) is 1.73. The number of methoxy groups -OCH3 is 2. The number of ether oxygens (including phenoxy) is 8. The van der Waals surface area contributed by atoms with Crippen molar-refractivity contribution in [3.05, 3.63) is 71.5 Å². The fraction of sp³-hybridized carbons (Fsp3) is 0.625.